The van der Waals surface area contributed by atoms with Gasteiger partial charge >= 0.3 is 26.2 Å². The van der Waals surface area contributed by atoms with Crippen molar-refractivity contribution in [3.8, 4) is 0 Å². The Morgan fingerprint density at radius 2 is 1.00 bits per heavy atom. The maximum atomic E-state index is 11.7. The summed E-state index contributed by atoms with van der Waals surface area (Å²) in [5.74, 6) is 1.65. The molecule has 0 spiro atoms. The smallest absolute Gasteiger partial charge is 0.677 e. The van der Waals surface area contributed by atoms with Gasteiger partial charge in [-0.15, -0.1) is 24.8 Å². The maximum absolute atomic E-state index is 11.7. The third-order valence-corrected chi connectivity index (χ3v) is 2.89. The molecule has 0 aromatic heterocycles. The molecule has 0 aliphatic heterocycles. The fourth-order valence-corrected chi connectivity index (χ4v) is 0.953. The molecule has 0 fully saturated rings. The second-order valence-electron chi connectivity index (χ2n) is 6.22. The van der Waals surface area contributed by atoms with Crippen LogP contribution in [0, 0.1) is 17.8 Å². The van der Waals surface area contributed by atoms with Crippen molar-refractivity contribution >= 4 is 15.0 Å². The summed E-state index contributed by atoms with van der Waals surface area (Å²) < 4.78 is 11.7. The van der Waals surface area contributed by atoms with Gasteiger partial charge in [0.2, 0.25) is 0 Å². The molecule has 23 heavy (non-hydrogen) atoms. The van der Waals surface area contributed by atoms with Gasteiger partial charge in [0.1, 0.15) is 0 Å². The van der Waals surface area contributed by atoms with E-state index in [0.717, 1.165) is 5.19 Å². The fraction of sp³-hybridized carbons (Fsp3) is 0.706. The monoisotopic (exact) mass is 419 g/mol. The normalized spacial score (nSPS) is 9.61. The van der Waals surface area contributed by atoms with Crippen LogP contribution in [0.2, 0.25) is 0 Å². The molecule has 0 bridgehead atoms. The second kappa shape index (κ2) is 24.5. The first-order valence-corrected chi connectivity index (χ1v) is 9.19. The number of hydrogen-bond acceptors (Lipinski definition) is 0. The number of nitrogens with one attached hydrogen (secondary N) is 3. The molecule has 0 radical (unpaired) electrons. The van der Waals surface area contributed by atoms with E-state index < -0.39 is 9.85 Å². The Hall–Kier alpha value is 0.260. The van der Waals surface area contributed by atoms with Crippen molar-refractivity contribution in [1.29, 1.82) is 0 Å². The van der Waals surface area contributed by atoms with Gasteiger partial charge in [0, 0.05) is 0 Å². The molecule has 1 aromatic carbocycles. The molecule has 0 aliphatic carbocycles. The molecule has 134 valence electrons. The molecular formula is C17H36FN3SiZr. The molecule has 0 saturated carbocycles. The molecule has 0 amide bonds. The minimum absolute atomic E-state index is 0. The van der Waals surface area contributed by atoms with E-state index in [2.05, 4.69) is 0 Å². The zero-order valence-corrected chi connectivity index (χ0v) is 19.6. The van der Waals surface area contributed by atoms with Crippen molar-refractivity contribution in [2.24, 2.45) is 17.8 Å². The Bertz CT molecular complexity index is 262. The van der Waals surface area contributed by atoms with Crippen LogP contribution in [-0.4, -0.2) is 29.5 Å². The summed E-state index contributed by atoms with van der Waals surface area (Å²) >= 11 is 0. The van der Waals surface area contributed by atoms with Crippen LogP contribution in [0.25, 0.3) is 17.2 Å². The summed E-state index contributed by atoms with van der Waals surface area (Å²) in [6.07, 6.45) is 0. The van der Waals surface area contributed by atoms with Gasteiger partial charge in [0.15, 0.2) is 9.85 Å². The van der Waals surface area contributed by atoms with Gasteiger partial charge in [-0.3, -0.25) is 0 Å². The maximum Gasteiger partial charge on any atom is 4.00 e. The summed E-state index contributed by atoms with van der Waals surface area (Å²) in [5.41, 5.74) is 20.0. The van der Waals surface area contributed by atoms with E-state index in [4.69, 9.17) is 17.2 Å². The molecule has 0 aliphatic rings. The van der Waals surface area contributed by atoms with Crippen molar-refractivity contribution in [1.82, 2.24) is 0 Å². The first kappa shape index (κ1) is 31.1. The minimum Gasteiger partial charge on any atom is -0.677 e. The van der Waals surface area contributed by atoms with Gasteiger partial charge in [-0.2, -0.15) is 12.1 Å². The summed E-state index contributed by atoms with van der Waals surface area (Å²) in [6.45, 7) is 13.9. The Balaban J connectivity index is -0.000000105. The Morgan fingerprint density at radius 1 is 0.783 bits per heavy atom. The zero-order chi connectivity index (χ0) is 18.0. The van der Waals surface area contributed by atoms with Crippen LogP contribution < -0.4 is 5.19 Å². The van der Waals surface area contributed by atoms with Crippen molar-refractivity contribution in [3.63, 3.8) is 0 Å². The number of hydrogen-bond donors (Lipinski definition) is 0. The first-order chi connectivity index (χ1) is 10.2. The van der Waals surface area contributed by atoms with Gasteiger partial charge in [-0.1, -0.05) is 59.3 Å². The second-order valence-corrected chi connectivity index (χ2v) is 7.30. The molecule has 1 rings (SSSR count). The van der Waals surface area contributed by atoms with Crippen LogP contribution in [0.4, 0.5) is 4.11 Å². The Morgan fingerprint density at radius 3 is 1.09 bits per heavy atom. The summed E-state index contributed by atoms with van der Waals surface area (Å²) in [7, 11) is -1.37. The van der Waals surface area contributed by atoms with Crippen molar-refractivity contribution in [2.75, 3.05) is 19.6 Å². The quantitative estimate of drug-likeness (QED) is 0.366. The summed E-state index contributed by atoms with van der Waals surface area (Å²) in [6, 6.07) is 7.38. The van der Waals surface area contributed by atoms with Crippen LogP contribution in [0.15, 0.2) is 24.3 Å². The number of rotatable bonds is 4. The third kappa shape index (κ3) is 39.2. The van der Waals surface area contributed by atoms with Crippen LogP contribution in [-0.2, 0) is 26.2 Å². The molecule has 3 nitrogen and oxygen atoms in total. The van der Waals surface area contributed by atoms with E-state index in [9.17, 15) is 4.11 Å². The van der Waals surface area contributed by atoms with E-state index in [1.54, 1.807) is 0 Å². The van der Waals surface area contributed by atoms with Gasteiger partial charge < -0.3 is 21.3 Å². The van der Waals surface area contributed by atoms with Gasteiger partial charge in [0.05, 0.1) is 0 Å². The average molecular weight is 421 g/mol. The first-order valence-electron chi connectivity index (χ1n) is 7.95. The van der Waals surface area contributed by atoms with Gasteiger partial charge in [-0.05, 0) is 0 Å². The molecule has 6 heteroatoms. The topological polar surface area (TPSA) is 71.4 Å². The molecule has 0 saturated heterocycles. The molecule has 0 atom stereocenters. The largest absolute Gasteiger partial charge is 4.00 e. The Kier molecular flexibility index (Phi) is 33.1. The standard InChI is InChI=1S/C5H6FSi.3C4H10N.Zr/c6-7-5-3-1-2-4-5;3*1-4(2)3-5;/h1-4H,7H2;3*4-5H,3H2,1-2H3;/q4*-1;+4. The molecule has 0 heterocycles. The zero-order valence-electron chi connectivity index (χ0n) is 15.7. The van der Waals surface area contributed by atoms with E-state index >= 15 is 0 Å². The van der Waals surface area contributed by atoms with Crippen LogP contribution in [0.5, 0.6) is 0 Å². The van der Waals surface area contributed by atoms with Crippen LogP contribution in [0.1, 0.15) is 41.5 Å². The van der Waals surface area contributed by atoms with Crippen molar-refractivity contribution in [2.45, 2.75) is 41.5 Å². The predicted molar refractivity (Wildman–Crippen MR) is 103 cm³/mol. The van der Waals surface area contributed by atoms with Crippen molar-refractivity contribution < 1.29 is 30.3 Å². The van der Waals surface area contributed by atoms with E-state index in [1.165, 1.54) is 0 Å². The summed E-state index contributed by atoms with van der Waals surface area (Å²) in [4.78, 5) is 0. The van der Waals surface area contributed by atoms with Gasteiger partial charge in [0.25, 0.3) is 0 Å². The Labute approximate surface area is 165 Å². The number of halogens is 1. The van der Waals surface area contributed by atoms with E-state index in [1.807, 2.05) is 65.8 Å². The molecular weight excluding hydrogens is 385 g/mol. The molecule has 1 aromatic rings. The van der Waals surface area contributed by atoms with Crippen LogP contribution in [0.3, 0.4) is 0 Å². The third-order valence-electron chi connectivity index (χ3n) is 2.11. The van der Waals surface area contributed by atoms with E-state index in [0.29, 0.717) is 37.4 Å². The fourth-order valence-electron chi connectivity index (χ4n) is 0.503. The summed E-state index contributed by atoms with van der Waals surface area (Å²) in [5, 5.41) is 0.903. The van der Waals surface area contributed by atoms with E-state index in [-0.39, 0.29) is 26.2 Å². The average Bonchev–Trinajstić information content (AvgIpc) is 3.02. The van der Waals surface area contributed by atoms with Crippen LogP contribution >= 0.6 is 0 Å². The molecule has 0 unspecified atom stereocenters. The SMILES string of the molecule is CC(C)C[NH-].CC(C)C[NH-].CC(C)C[NH-].F[SiH2][c-]1cccc1.[Zr+4]. The predicted octanol–water partition coefficient (Wildman–Crippen LogP) is 5.17. The minimum atomic E-state index is -1.37. The molecule has 3 N–H and O–H groups in total. The van der Waals surface area contributed by atoms with Crippen molar-refractivity contribution in [3.05, 3.63) is 41.5 Å². The van der Waals surface area contributed by atoms with Gasteiger partial charge in [-0.25, -0.2) is 12.1 Å².